The van der Waals surface area contributed by atoms with E-state index in [9.17, 15) is 18.4 Å². The second-order valence-electron chi connectivity index (χ2n) is 7.11. The van der Waals surface area contributed by atoms with E-state index in [0.717, 1.165) is 10.9 Å². The molecule has 2 aromatic heterocycles. The zero-order chi connectivity index (χ0) is 22.1. The number of halogens is 2. The topological polar surface area (TPSA) is 89.3 Å². The van der Waals surface area contributed by atoms with Gasteiger partial charge in [-0.1, -0.05) is 18.2 Å². The van der Waals surface area contributed by atoms with E-state index in [4.69, 9.17) is 4.74 Å². The fourth-order valence-electron chi connectivity index (χ4n) is 3.33. The van der Waals surface area contributed by atoms with Crippen molar-refractivity contribution in [2.75, 3.05) is 11.9 Å². The van der Waals surface area contributed by atoms with Crippen molar-refractivity contribution < 1.29 is 23.1 Å². The molecule has 0 radical (unpaired) electrons. The van der Waals surface area contributed by atoms with Gasteiger partial charge in [0, 0.05) is 18.8 Å². The maximum absolute atomic E-state index is 14.4. The Balaban J connectivity index is 1.54. The Morgan fingerprint density at radius 2 is 1.97 bits per heavy atom. The van der Waals surface area contributed by atoms with Crippen molar-refractivity contribution in [2.24, 2.45) is 0 Å². The molecule has 3 aromatic rings. The molecule has 0 spiro atoms. The molecule has 0 saturated heterocycles. The quantitative estimate of drug-likeness (QED) is 0.689. The first kappa shape index (κ1) is 20.5. The number of carbonyl (C=O) groups excluding carboxylic acids is 2. The molecule has 0 unspecified atom stereocenters. The fraction of sp³-hybridized carbons (Fsp3) is 0.238. The molecular weight excluding hydrogens is 408 g/mol. The van der Waals surface area contributed by atoms with E-state index in [2.05, 4.69) is 15.4 Å². The predicted molar refractivity (Wildman–Crippen MR) is 107 cm³/mol. The number of benzene rings is 1. The fourth-order valence-corrected chi connectivity index (χ4v) is 3.33. The van der Waals surface area contributed by atoms with Crippen LogP contribution in [0.25, 0.3) is 0 Å². The van der Waals surface area contributed by atoms with Gasteiger partial charge in [0.1, 0.15) is 18.0 Å². The smallest absolute Gasteiger partial charge is 0.275 e. The Kier molecular flexibility index (Phi) is 5.37. The third-order valence-corrected chi connectivity index (χ3v) is 4.96. The minimum atomic E-state index is -1.09. The van der Waals surface area contributed by atoms with Crippen molar-refractivity contribution in [3.8, 4) is 5.75 Å². The van der Waals surface area contributed by atoms with Crippen LogP contribution in [0.3, 0.4) is 0 Å². The van der Waals surface area contributed by atoms with Crippen LogP contribution in [0.2, 0.25) is 0 Å². The lowest BCUT2D eigenvalue weighted by molar-refractivity contribution is -0.121. The summed E-state index contributed by atoms with van der Waals surface area (Å²) in [4.78, 5) is 31.0. The minimum absolute atomic E-state index is 0.0531. The number of likely N-dealkylation sites (N-methyl/N-ethyl adjacent to an activating group) is 1. The van der Waals surface area contributed by atoms with Gasteiger partial charge in [0.25, 0.3) is 11.8 Å². The van der Waals surface area contributed by atoms with Crippen LogP contribution in [0.4, 0.5) is 14.6 Å². The molecule has 0 bridgehead atoms. The van der Waals surface area contributed by atoms with Gasteiger partial charge in [0.15, 0.2) is 23.1 Å². The Hall–Kier alpha value is -3.82. The van der Waals surface area contributed by atoms with Crippen molar-refractivity contribution in [3.63, 3.8) is 0 Å². The van der Waals surface area contributed by atoms with E-state index in [1.165, 1.54) is 24.2 Å². The first-order chi connectivity index (χ1) is 14.8. The van der Waals surface area contributed by atoms with Crippen LogP contribution in [0, 0.1) is 11.6 Å². The Morgan fingerprint density at radius 1 is 1.19 bits per heavy atom. The highest BCUT2D eigenvalue weighted by Gasteiger charge is 2.37. The van der Waals surface area contributed by atoms with Gasteiger partial charge in [-0.25, -0.2) is 13.8 Å². The summed E-state index contributed by atoms with van der Waals surface area (Å²) < 4.78 is 35.2. The highest BCUT2D eigenvalue weighted by Crippen LogP contribution is 2.29. The second-order valence-corrected chi connectivity index (χ2v) is 7.11. The van der Waals surface area contributed by atoms with Crippen molar-refractivity contribution in [2.45, 2.75) is 25.6 Å². The summed E-state index contributed by atoms with van der Waals surface area (Å²) in [5.41, 5.74) is -0.205. The molecule has 8 nitrogen and oxygen atoms in total. The molecule has 3 heterocycles. The van der Waals surface area contributed by atoms with Crippen LogP contribution in [-0.4, -0.2) is 45.8 Å². The lowest BCUT2D eigenvalue weighted by atomic mass is 10.1. The van der Waals surface area contributed by atoms with Crippen molar-refractivity contribution in [3.05, 3.63) is 71.7 Å². The molecule has 31 heavy (non-hydrogen) atoms. The van der Waals surface area contributed by atoms with Crippen LogP contribution in [0.5, 0.6) is 5.75 Å². The number of carbonyl (C=O) groups is 2. The van der Waals surface area contributed by atoms with Gasteiger partial charge in [-0.05, 0) is 25.1 Å². The average molecular weight is 427 g/mol. The average Bonchev–Trinajstić information content (AvgIpc) is 3.09. The third kappa shape index (κ3) is 3.96. The number of hydrogen-bond acceptors (Lipinski definition) is 5. The van der Waals surface area contributed by atoms with Gasteiger partial charge in [0.2, 0.25) is 0 Å². The summed E-state index contributed by atoms with van der Waals surface area (Å²) in [6.45, 7) is 1.56. The van der Waals surface area contributed by atoms with Crippen LogP contribution < -0.4 is 15.0 Å². The lowest BCUT2D eigenvalue weighted by Crippen LogP contribution is -2.53. The zero-order valence-electron chi connectivity index (χ0n) is 16.8. The predicted octanol–water partition coefficient (Wildman–Crippen LogP) is 2.15. The van der Waals surface area contributed by atoms with Crippen molar-refractivity contribution >= 4 is 17.6 Å². The highest BCUT2D eigenvalue weighted by atomic mass is 19.1. The van der Waals surface area contributed by atoms with Gasteiger partial charge in [-0.2, -0.15) is 5.10 Å². The maximum atomic E-state index is 14.4. The summed E-state index contributed by atoms with van der Waals surface area (Å²) in [5.74, 6) is -1.99. The number of amides is 2. The van der Waals surface area contributed by atoms with Crippen LogP contribution in [0.15, 0.2) is 48.8 Å². The number of hydrogen-bond donors (Lipinski definition) is 1. The molecule has 1 aliphatic rings. The molecule has 0 fully saturated rings. The molecule has 1 aromatic carbocycles. The molecular formula is C21H19F2N5O3. The van der Waals surface area contributed by atoms with Crippen LogP contribution >= 0.6 is 0 Å². The van der Waals surface area contributed by atoms with Crippen LogP contribution in [0.1, 0.15) is 23.0 Å². The SMILES string of the molecule is C[C@H]1Oc2cccnc2N(C)C(=O)[C@H]1NC(=O)c1nn(Cc2ccccc2F)cc1F. The van der Waals surface area contributed by atoms with Crippen molar-refractivity contribution in [1.82, 2.24) is 20.1 Å². The van der Waals surface area contributed by atoms with E-state index in [1.807, 2.05) is 0 Å². The first-order valence-electron chi connectivity index (χ1n) is 9.51. The Labute approximate surface area is 176 Å². The van der Waals surface area contributed by atoms with E-state index < -0.39 is 41.3 Å². The van der Waals surface area contributed by atoms with E-state index >= 15 is 0 Å². The molecule has 2 atom stereocenters. The number of aromatic nitrogens is 3. The van der Waals surface area contributed by atoms with Crippen molar-refractivity contribution in [1.29, 1.82) is 0 Å². The molecule has 1 aliphatic heterocycles. The standard InChI is InChI=1S/C21H19F2N5O3/c1-12-17(21(30)27(2)19-16(31-12)8-5-9-24-19)25-20(29)18-15(23)11-28(26-18)10-13-6-3-4-7-14(13)22/h3-9,11-12,17H,10H2,1-2H3,(H,25,29)/t12-,17+/m1/s1. The summed E-state index contributed by atoms with van der Waals surface area (Å²) in [7, 11) is 1.51. The van der Waals surface area contributed by atoms with Gasteiger partial charge >= 0.3 is 0 Å². The maximum Gasteiger partial charge on any atom is 0.275 e. The Bertz CT molecular complexity index is 1150. The number of rotatable bonds is 4. The third-order valence-electron chi connectivity index (χ3n) is 4.96. The Morgan fingerprint density at radius 3 is 2.74 bits per heavy atom. The molecule has 2 amide bonds. The van der Waals surface area contributed by atoms with Gasteiger partial charge in [0.05, 0.1) is 12.7 Å². The zero-order valence-corrected chi connectivity index (χ0v) is 16.8. The summed E-state index contributed by atoms with van der Waals surface area (Å²) >= 11 is 0. The molecule has 160 valence electrons. The summed E-state index contributed by atoms with van der Waals surface area (Å²) in [5, 5.41) is 6.43. The number of nitrogens with one attached hydrogen (secondary N) is 1. The van der Waals surface area contributed by atoms with Crippen LogP contribution in [-0.2, 0) is 11.3 Å². The van der Waals surface area contributed by atoms with Gasteiger partial charge < -0.3 is 10.1 Å². The number of pyridine rings is 1. The molecule has 10 heteroatoms. The lowest BCUT2D eigenvalue weighted by Gasteiger charge is -2.23. The second kappa shape index (κ2) is 8.13. The molecule has 1 N–H and O–H groups in total. The molecule has 0 saturated carbocycles. The summed E-state index contributed by atoms with van der Waals surface area (Å²) in [6, 6.07) is 8.25. The van der Waals surface area contributed by atoms with E-state index in [1.54, 1.807) is 37.3 Å². The molecule has 0 aliphatic carbocycles. The van der Waals surface area contributed by atoms with Gasteiger partial charge in [-0.15, -0.1) is 0 Å². The van der Waals surface area contributed by atoms with E-state index in [-0.39, 0.29) is 6.54 Å². The number of anilines is 1. The molecule has 4 rings (SSSR count). The summed E-state index contributed by atoms with van der Waals surface area (Å²) in [6.07, 6.45) is 1.78. The largest absolute Gasteiger partial charge is 0.484 e. The first-order valence-corrected chi connectivity index (χ1v) is 9.51. The highest BCUT2D eigenvalue weighted by molar-refractivity contribution is 6.02. The monoisotopic (exact) mass is 427 g/mol. The normalized spacial score (nSPS) is 18.2. The minimum Gasteiger partial charge on any atom is -0.484 e. The van der Waals surface area contributed by atoms with E-state index in [0.29, 0.717) is 17.1 Å². The number of ether oxygens (including phenoxy) is 1. The number of nitrogens with zero attached hydrogens (tertiary/aromatic N) is 4. The number of fused-ring (bicyclic) bond motifs is 1. The van der Waals surface area contributed by atoms with Gasteiger partial charge in [-0.3, -0.25) is 19.2 Å².